The third-order valence-corrected chi connectivity index (χ3v) is 4.73. The number of rotatable bonds is 7. The topological polar surface area (TPSA) is 93.2 Å². The number of H-pyrrole nitrogens is 1. The fraction of sp³-hybridized carbons (Fsp3) is 0.286. The third-order valence-electron chi connectivity index (χ3n) is 4.73. The van der Waals surface area contributed by atoms with Crippen LogP contribution in [0.1, 0.15) is 31.4 Å². The molecule has 3 rings (SSSR count). The number of nitrogens with one attached hydrogen (secondary N) is 2. The van der Waals surface area contributed by atoms with E-state index in [0.717, 1.165) is 17.7 Å². The fourth-order valence-electron chi connectivity index (χ4n) is 3.20. The third kappa shape index (κ3) is 4.14. The molecule has 0 bridgehead atoms. The van der Waals surface area contributed by atoms with E-state index in [9.17, 15) is 14.4 Å². The predicted molar refractivity (Wildman–Crippen MR) is 108 cm³/mol. The Labute approximate surface area is 162 Å². The first-order valence-electron chi connectivity index (χ1n) is 9.18. The monoisotopic (exact) mass is 381 g/mol. The van der Waals surface area contributed by atoms with Crippen LogP contribution in [0.4, 0.5) is 0 Å². The smallest absolute Gasteiger partial charge is 0.328 e. The molecule has 7 nitrogen and oxygen atoms in total. The summed E-state index contributed by atoms with van der Waals surface area (Å²) in [4.78, 5) is 38.9. The molecule has 0 saturated carbocycles. The molecule has 1 unspecified atom stereocenters. The Balaban J connectivity index is 1.72. The van der Waals surface area contributed by atoms with Gasteiger partial charge in [-0.3, -0.25) is 19.1 Å². The molecule has 0 spiro atoms. The van der Waals surface area contributed by atoms with Crippen molar-refractivity contribution in [2.75, 3.05) is 7.11 Å². The highest BCUT2D eigenvalue weighted by atomic mass is 16.5. The van der Waals surface area contributed by atoms with Crippen LogP contribution in [0.5, 0.6) is 5.75 Å². The van der Waals surface area contributed by atoms with E-state index in [4.69, 9.17) is 4.74 Å². The van der Waals surface area contributed by atoms with Crippen LogP contribution in [-0.2, 0) is 11.3 Å². The highest BCUT2D eigenvalue weighted by Gasteiger charge is 2.14. The second-order valence-corrected chi connectivity index (χ2v) is 6.48. The molecule has 0 aliphatic rings. The van der Waals surface area contributed by atoms with Gasteiger partial charge in [0.25, 0.3) is 5.56 Å². The molecule has 3 aromatic rings. The van der Waals surface area contributed by atoms with Crippen molar-refractivity contribution in [1.29, 1.82) is 0 Å². The maximum absolute atomic E-state index is 12.5. The zero-order valence-electron chi connectivity index (χ0n) is 15.9. The minimum Gasteiger partial charge on any atom is -0.497 e. The molecule has 1 aromatic heterocycles. The second kappa shape index (κ2) is 8.56. The van der Waals surface area contributed by atoms with Gasteiger partial charge in [-0.05, 0) is 36.2 Å². The van der Waals surface area contributed by atoms with Crippen molar-refractivity contribution in [2.45, 2.75) is 32.4 Å². The van der Waals surface area contributed by atoms with Gasteiger partial charge in [-0.2, -0.15) is 0 Å². The molecule has 2 N–H and O–H groups in total. The molecular weight excluding hydrogens is 358 g/mol. The Morgan fingerprint density at radius 2 is 1.86 bits per heavy atom. The van der Waals surface area contributed by atoms with Crippen LogP contribution in [0.15, 0.2) is 58.1 Å². The Morgan fingerprint density at radius 1 is 1.14 bits per heavy atom. The summed E-state index contributed by atoms with van der Waals surface area (Å²) < 4.78 is 6.58. The summed E-state index contributed by atoms with van der Waals surface area (Å²) in [5.74, 6) is 0.596. The number of ether oxygens (including phenoxy) is 1. The summed E-state index contributed by atoms with van der Waals surface area (Å²) in [5, 5.41) is 3.43. The number of methoxy groups -OCH3 is 1. The van der Waals surface area contributed by atoms with Gasteiger partial charge in [0.15, 0.2) is 0 Å². The Kier molecular flexibility index (Phi) is 5.93. The lowest BCUT2D eigenvalue weighted by molar-refractivity contribution is -0.122. The maximum atomic E-state index is 12.5. The lowest BCUT2D eigenvalue weighted by Gasteiger charge is -2.18. The van der Waals surface area contributed by atoms with E-state index < -0.39 is 11.2 Å². The van der Waals surface area contributed by atoms with Crippen molar-refractivity contribution in [3.05, 3.63) is 74.9 Å². The van der Waals surface area contributed by atoms with Gasteiger partial charge in [0.05, 0.1) is 24.1 Å². The van der Waals surface area contributed by atoms with Crippen molar-refractivity contribution in [3.63, 3.8) is 0 Å². The normalized spacial score (nSPS) is 11.9. The van der Waals surface area contributed by atoms with Crippen molar-refractivity contribution < 1.29 is 9.53 Å². The molecule has 28 heavy (non-hydrogen) atoms. The Bertz CT molecular complexity index is 1080. The Hall–Kier alpha value is -3.35. The highest BCUT2D eigenvalue weighted by molar-refractivity contribution is 5.79. The van der Waals surface area contributed by atoms with Crippen LogP contribution in [0.2, 0.25) is 0 Å². The molecule has 0 radical (unpaired) electrons. The van der Waals surface area contributed by atoms with Crippen molar-refractivity contribution in [1.82, 2.24) is 14.9 Å². The first-order chi connectivity index (χ1) is 13.5. The number of hydrogen-bond acceptors (Lipinski definition) is 4. The number of para-hydroxylation sites is 1. The van der Waals surface area contributed by atoms with Gasteiger partial charge >= 0.3 is 5.69 Å². The average Bonchev–Trinajstić information content (AvgIpc) is 2.72. The van der Waals surface area contributed by atoms with Gasteiger partial charge in [0.1, 0.15) is 5.75 Å². The number of amides is 1. The fourth-order valence-corrected chi connectivity index (χ4v) is 3.20. The van der Waals surface area contributed by atoms with E-state index in [2.05, 4.69) is 10.3 Å². The lowest BCUT2D eigenvalue weighted by Crippen LogP contribution is -2.33. The van der Waals surface area contributed by atoms with Crippen LogP contribution in [0.25, 0.3) is 10.9 Å². The Morgan fingerprint density at radius 3 is 2.54 bits per heavy atom. The van der Waals surface area contributed by atoms with Crippen molar-refractivity contribution in [2.24, 2.45) is 0 Å². The van der Waals surface area contributed by atoms with Crippen LogP contribution >= 0.6 is 0 Å². The van der Waals surface area contributed by atoms with E-state index in [1.54, 1.807) is 31.4 Å². The van der Waals surface area contributed by atoms with Gasteiger partial charge in [-0.15, -0.1) is 0 Å². The second-order valence-electron chi connectivity index (χ2n) is 6.48. The summed E-state index contributed by atoms with van der Waals surface area (Å²) >= 11 is 0. The molecule has 0 fully saturated rings. The van der Waals surface area contributed by atoms with Crippen LogP contribution in [0.3, 0.4) is 0 Å². The average molecular weight is 381 g/mol. The molecule has 0 saturated heterocycles. The molecular formula is C21H23N3O4. The minimum absolute atomic E-state index is 0.123. The van der Waals surface area contributed by atoms with E-state index in [0.29, 0.717) is 10.9 Å². The van der Waals surface area contributed by atoms with E-state index >= 15 is 0 Å². The van der Waals surface area contributed by atoms with Gasteiger partial charge in [-0.1, -0.05) is 31.2 Å². The molecule has 2 aromatic carbocycles. The summed E-state index contributed by atoms with van der Waals surface area (Å²) in [5.41, 5.74) is 0.570. The first kappa shape index (κ1) is 19.4. The summed E-state index contributed by atoms with van der Waals surface area (Å²) in [6.07, 6.45) is 0.863. The van der Waals surface area contributed by atoms with Crippen LogP contribution in [0, 0.1) is 0 Å². The SMILES string of the molecule is CCC(NC(=O)CCn1c(=O)[nH]c(=O)c2ccccc21)c1ccc(OC)cc1. The van der Waals surface area contributed by atoms with Gasteiger partial charge < -0.3 is 10.1 Å². The standard InChI is InChI=1S/C21H23N3O4/c1-3-17(14-8-10-15(28-2)11-9-14)22-19(25)12-13-24-18-7-5-4-6-16(18)20(26)23-21(24)27/h4-11,17H,3,12-13H2,1-2H3,(H,22,25)(H,23,26,27). The first-order valence-corrected chi connectivity index (χ1v) is 9.18. The maximum Gasteiger partial charge on any atom is 0.328 e. The van der Waals surface area contributed by atoms with E-state index in [1.165, 1.54) is 4.57 Å². The number of fused-ring (bicyclic) bond motifs is 1. The summed E-state index contributed by atoms with van der Waals surface area (Å²) in [6.45, 7) is 2.18. The summed E-state index contributed by atoms with van der Waals surface area (Å²) in [7, 11) is 1.61. The number of aromatic amines is 1. The molecule has 1 atom stereocenters. The number of benzene rings is 2. The van der Waals surface area contributed by atoms with Crippen molar-refractivity contribution in [3.8, 4) is 5.75 Å². The molecule has 1 amide bonds. The van der Waals surface area contributed by atoms with Gasteiger partial charge in [-0.25, -0.2) is 4.79 Å². The van der Waals surface area contributed by atoms with Crippen LogP contribution < -0.4 is 21.3 Å². The molecule has 146 valence electrons. The number of aromatic nitrogens is 2. The quantitative estimate of drug-likeness (QED) is 0.657. The van der Waals surface area contributed by atoms with E-state index in [-0.39, 0.29) is 24.9 Å². The van der Waals surface area contributed by atoms with E-state index in [1.807, 2.05) is 31.2 Å². The van der Waals surface area contributed by atoms with Crippen molar-refractivity contribution >= 4 is 16.8 Å². The van der Waals surface area contributed by atoms with Gasteiger partial charge in [0.2, 0.25) is 5.91 Å². The molecule has 0 aliphatic carbocycles. The zero-order valence-corrected chi connectivity index (χ0v) is 15.9. The number of carbonyl (C=O) groups excluding carboxylic acids is 1. The molecule has 0 aliphatic heterocycles. The van der Waals surface area contributed by atoms with Gasteiger partial charge in [0, 0.05) is 13.0 Å². The van der Waals surface area contributed by atoms with Crippen LogP contribution in [-0.4, -0.2) is 22.6 Å². The molecule has 1 heterocycles. The highest BCUT2D eigenvalue weighted by Crippen LogP contribution is 2.20. The number of aryl methyl sites for hydroxylation is 1. The predicted octanol–water partition coefficient (Wildman–Crippen LogP) is 2.36. The zero-order chi connectivity index (χ0) is 20.1. The number of carbonyl (C=O) groups is 1. The number of hydrogen-bond donors (Lipinski definition) is 2. The summed E-state index contributed by atoms with van der Waals surface area (Å²) in [6, 6.07) is 14.3. The lowest BCUT2D eigenvalue weighted by atomic mass is 10.0. The molecule has 7 heteroatoms. The minimum atomic E-state index is -0.515. The largest absolute Gasteiger partial charge is 0.497 e. The number of nitrogens with zero attached hydrogens (tertiary/aromatic N) is 1.